The summed E-state index contributed by atoms with van der Waals surface area (Å²) in [6.07, 6.45) is 1.20. The number of para-hydroxylation sites is 3. The van der Waals surface area contributed by atoms with Gasteiger partial charge in [-0.3, -0.25) is 9.59 Å². The van der Waals surface area contributed by atoms with Gasteiger partial charge in [0.1, 0.15) is 18.1 Å². The van der Waals surface area contributed by atoms with Crippen LogP contribution in [0, 0.1) is 5.92 Å². The Morgan fingerprint density at radius 3 is 2.29 bits per heavy atom. The molecule has 7 heteroatoms. The third-order valence-corrected chi connectivity index (χ3v) is 6.19. The van der Waals surface area contributed by atoms with E-state index in [1.165, 1.54) is 0 Å². The number of hydrogen-bond donors (Lipinski definition) is 1. The molecule has 0 aliphatic carbocycles. The molecule has 0 radical (unpaired) electrons. The number of piperidine rings is 1. The van der Waals surface area contributed by atoms with Gasteiger partial charge in [0.25, 0.3) is 5.91 Å². The zero-order valence-corrected chi connectivity index (χ0v) is 19.8. The van der Waals surface area contributed by atoms with Gasteiger partial charge in [-0.1, -0.05) is 48.0 Å². The molecule has 6 nitrogen and oxygen atoms in total. The maximum absolute atomic E-state index is 13.2. The van der Waals surface area contributed by atoms with Crippen LogP contribution in [0.2, 0.25) is 5.02 Å². The van der Waals surface area contributed by atoms with Crippen LogP contribution in [0.4, 0.5) is 5.69 Å². The molecule has 3 aromatic rings. The summed E-state index contributed by atoms with van der Waals surface area (Å²) >= 11 is 5.94. The fraction of sp³-hybridized carbons (Fsp3) is 0.259. The van der Waals surface area contributed by atoms with Gasteiger partial charge in [-0.25, -0.2) is 0 Å². The van der Waals surface area contributed by atoms with Crippen LogP contribution in [0.15, 0.2) is 72.8 Å². The maximum Gasteiger partial charge on any atom is 0.257 e. The monoisotopic (exact) mass is 478 g/mol. The summed E-state index contributed by atoms with van der Waals surface area (Å²) in [5.74, 6) is 0.862. The van der Waals surface area contributed by atoms with E-state index >= 15 is 0 Å². The number of carbonyl (C=O) groups excluding carboxylic acids is 2. The SMILES string of the molecule is COc1ccccc1NC(=O)C1CCN(C(=O)c2ccccc2OCc2ccc(Cl)cc2)CC1. The van der Waals surface area contributed by atoms with Crippen LogP contribution in [0.25, 0.3) is 0 Å². The van der Waals surface area contributed by atoms with Crippen LogP contribution in [0.3, 0.4) is 0 Å². The van der Waals surface area contributed by atoms with Gasteiger partial charge in [0, 0.05) is 24.0 Å². The van der Waals surface area contributed by atoms with Crippen molar-refractivity contribution in [3.8, 4) is 11.5 Å². The Morgan fingerprint density at radius 2 is 1.59 bits per heavy atom. The zero-order valence-electron chi connectivity index (χ0n) is 19.0. The molecule has 34 heavy (non-hydrogen) atoms. The summed E-state index contributed by atoms with van der Waals surface area (Å²) in [6, 6.07) is 22.0. The number of methoxy groups -OCH3 is 1. The minimum atomic E-state index is -0.162. The first-order chi connectivity index (χ1) is 16.5. The van der Waals surface area contributed by atoms with Gasteiger partial charge in [-0.05, 0) is 54.8 Å². The standard InChI is InChI=1S/C27H27ClN2O4/c1-33-25-9-5-3-7-23(25)29-26(31)20-14-16-30(17-15-20)27(32)22-6-2-4-8-24(22)34-18-19-10-12-21(28)13-11-19/h2-13,20H,14-18H2,1H3,(H,29,31). The van der Waals surface area contributed by atoms with Crippen LogP contribution in [0.1, 0.15) is 28.8 Å². The van der Waals surface area contributed by atoms with Crippen molar-refractivity contribution < 1.29 is 19.1 Å². The molecule has 0 saturated carbocycles. The van der Waals surface area contributed by atoms with Gasteiger partial charge < -0.3 is 19.7 Å². The largest absolute Gasteiger partial charge is 0.495 e. The normalized spacial score (nSPS) is 13.9. The van der Waals surface area contributed by atoms with Crippen molar-refractivity contribution in [3.63, 3.8) is 0 Å². The molecule has 2 amide bonds. The van der Waals surface area contributed by atoms with E-state index in [0.29, 0.717) is 60.3 Å². The molecule has 1 aliphatic rings. The van der Waals surface area contributed by atoms with Gasteiger partial charge in [0.05, 0.1) is 18.4 Å². The van der Waals surface area contributed by atoms with E-state index in [9.17, 15) is 9.59 Å². The molecule has 4 rings (SSSR count). The Bertz CT molecular complexity index is 1140. The van der Waals surface area contributed by atoms with Crippen molar-refractivity contribution in [2.75, 3.05) is 25.5 Å². The smallest absolute Gasteiger partial charge is 0.257 e. The highest BCUT2D eigenvalue weighted by Crippen LogP contribution is 2.27. The lowest BCUT2D eigenvalue weighted by atomic mass is 9.95. The first-order valence-corrected chi connectivity index (χ1v) is 11.6. The molecule has 0 atom stereocenters. The zero-order chi connectivity index (χ0) is 23.9. The van der Waals surface area contributed by atoms with Gasteiger partial charge in [-0.2, -0.15) is 0 Å². The third-order valence-electron chi connectivity index (χ3n) is 5.94. The summed E-state index contributed by atoms with van der Waals surface area (Å²) in [5, 5.41) is 3.62. The second-order valence-electron chi connectivity index (χ2n) is 8.17. The second-order valence-corrected chi connectivity index (χ2v) is 8.60. The number of nitrogens with zero attached hydrogens (tertiary/aromatic N) is 1. The van der Waals surface area contributed by atoms with E-state index in [4.69, 9.17) is 21.1 Å². The lowest BCUT2D eigenvalue weighted by molar-refractivity contribution is -0.121. The maximum atomic E-state index is 13.2. The number of halogens is 1. The highest BCUT2D eigenvalue weighted by molar-refractivity contribution is 6.30. The topological polar surface area (TPSA) is 67.9 Å². The van der Waals surface area contributed by atoms with E-state index in [1.807, 2.05) is 60.7 Å². The minimum absolute atomic E-state index is 0.0525. The first-order valence-electron chi connectivity index (χ1n) is 11.2. The number of amides is 2. The molecule has 0 bridgehead atoms. The molecule has 3 aromatic carbocycles. The minimum Gasteiger partial charge on any atom is -0.495 e. The molecule has 1 N–H and O–H groups in total. The van der Waals surface area contributed by atoms with Crippen molar-refractivity contribution in [3.05, 3.63) is 88.9 Å². The van der Waals surface area contributed by atoms with Crippen molar-refractivity contribution in [1.29, 1.82) is 0 Å². The first kappa shape index (κ1) is 23.6. The summed E-state index contributed by atoms with van der Waals surface area (Å²) in [4.78, 5) is 27.8. The number of ether oxygens (including phenoxy) is 2. The van der Waals surface area contributed by atoms with Gasteiger partial charge in [0.2, 0.25) is 5.91 Å². The quantitative estimate of drug-likeness (QED) is 0.492. The number of hydrogen-bond acceptors (Lipinski definition) is 4. The number of rotatable bonds is 7. The van der Waals surface area contributed by atoms with E-state index in [2.05, 4.69) is 5.32 Å². The fourth-order valence-electron chi connectivity index (χ4n) is 4.01. The molecular weight excluding hydrogens is 452 g/mol. The Hall–Kier alpha value is -3.51. The highest BCUT2D eigenvalue weighted by Gasteiger charge is 2.29. The van der Waals surface area contributed by atoms with Crippen LogP contribution in [-0.2, 0) is 11.4 Å². The predicted octanol–water partition coefficient (Wildman–Crippen LogP) is 5.42. The molecular formula is C27H27ClN2O4. The Morgan fingerprint density at radius 1 is 0.941 bits per heavy atom. The predicted molar refractivity (Wildman–Crippen MR) is 132 cm³/mol. The number of benzene rings is 3. The van der Waals surface area contributed by atoms with Crippen LogP contribution in [-0.4, -0.2) is 36.9 Å². The van der Waals surface area contributed by atoms with Crippen LogP contribution in [0.5, 0.6) is 11.5 Å². The average molecular weight is 479 g/mol. The number of anilines is 1. The van der Waals surface area contributed by atoms with Crippen LogP contribution < -0.4 is 14.8 Å². The molecule has 1 heterocycles. The Kier molecular flexibility index (Phi) is 7.70. The second kappa shape index (κ2) is 11.1. The Balaban J connectivity index is 1.35. The molecule has 1 saturated heterocycles. The van der Waals surface area contributed by atoms with Crippen molar-refractivity contribution >= 4 is 29.1 Å². The summed E-state index contributed by atoms with van der Waals surface area (Å²) in [5.41, 5.74) is 2.14. The number of nitrogens with one attached hydrogen (secondary N) is 1. The van der Waals surface area contributed by atoms with Gasteiger partial charge in [0.15, 0.2) is 0 Å². The summed E-state index contributed by atoms with van der Waals surface area (Å²) < 4.78 is 11.3. The number of carbonyl (C=O) groups is 2. The van der Waals surface area contributed by atoms with E-state index in [1.54, 1.807) is 24.1 Å². The fourth-order valence-corrected chi connectivity index (χ4v) is 4.13. The van der Waals surface area contributed by atoms with Crippen molar-refractivity contribution in [1.82, 2.24) is 4.90 Å². The molecule has 1 aliphatic heterocycles. The van der Waals surface area contributed by atoms with Crippen LogP contribution >= 0.6 is 11.6 Å². The lowest BCUT2D eigenvalue weighted by Crippen LogP contribution is -2.41. The average Bonchev–Trinajstić information content (AvgIpc) is 2.88. The molecule has 0 aromatic heterocycles. The van der Waals surface area contributed by atoms with Crippen molar-refractivity contribution in [2.45, 2.75) is 19.4 Å². The molecule has 0 spiro atoms. The molecule has 0 unspecified atom stereocenters. The van der Waals surface area contributed by atoms with Gasteiger partial charge >= 0.3 is 0 Å². The summed E-state index contributed by atoms with van der Waals surface area (Å²) in [7, 11) is 1.58. The summed E-state index contributed by atoms with van der Waals surface area (Å²) in [6.45, 7) is 1.36. The molecule has 176 valence electrons. The third kappa shape index (κ3) is 5.69. The highest BCUT2D eigenvalue weighted by atomic mass is 35.5. The number of likely N-dealkylation sites (tertiary alicyclic amines) is 1. The Labute approximate surface area is 204 Å². The van der Waals surface area contributed by atoms with E-state index in [0.717, 1.165) is 5.56 Å². The molecule has 1 fully saturated rings. The van der Waals surface area contributed by atoms with E-state index < -0.39 is 0 Å². The van der Waals surface area contributed by atoms with E-state index in [-0.39, 0.29) is 17.7 Å². The van der Waals surface area contributed by atoms with Crippen molar-refractivity contribution in [2.24, 2.45) is 5.92 Å². The lowest BCUT2D eigenvalue weighted by Gasteiger charge is -2.31. The van der Waals surface area contributed by atoms with Gasteiger partial charge in [-0.15, -0.1) is 0 Å².